The van der Waals surface area contributed by atoms with E-state index in [0.717, 1.165) is 38.1 Å². The Morgan fingerprint density at radius 2 is 2.38 bits per heavy atom. The van der Waals surface area contributed by atoms with Crippen LogP contribution in [0.5, 0.6) is 0 Å². The summed E-state index contributed by atoms with van der Waals surface area (Å²) in [5, 5.41) is 3.28. The fourth-order valence-corrected chi connectivity index (χ4v) is 1.10. The zero-order valence-electron chi connectivity index (χ0n) is 7.75. The summed E-state index contributed by atoms with van der Waals surface area (Å²) in [7, 11) is 0. The molecule has 0 aromatic carbocycles. The number of unbranched alkanes of at least 4 members (excludes halogenated alkanes) is 2. The van der Waals surface area contributed by atoms with Crippen LogP contribution in [0.15, 0.2) is 22.8 Å². The van der Waals surface area contributed by atoms with Gasteiger partial charge in [-0.05, 0) is 31.5 Å². The van der Waals surface area contributed by atoms with Crippen LogP contribution in [-0.2, 0) is 6.54 Å². The van der Waals surface area contributed by atoms with E-state index >= 15 is 0 Å². The molecule has 0 saturated heterocycles. The molecule has 2 heteroatoms. The lowest BCUT2D eigenvalue weighted by molar-refractivity contribution is 0.479. The van der Waals surface area contributed by atoms with Crippen molar-refractivity contribution >= 4 is 0 Å². The highest BCUT2D eigenvalue weighted by Crippen LogP contribution is 1.99. The number of hydrogen-bond donors (Lipinski definition) is 1. The summed E-state index contributed by atoms with van der Waals surface area (Å²) in [6.45, 7) is 1.81. The Bertz CT molecular complexity index is 246. The molecule has 0 atom stereocenters. The maximum absolute atomic E-state index is 5.17. The zero-order valence-corrected chi connectivity index (χ0v) is 7.75. The Balaban J connectivity index is 1.94. The van der Waals surface area contributed by atoms with Crippen LogP contribution in [0.25, 0.3) is 0 Å². The first-order valence-corrected chi connectivity index (χ1v) is 4.60. The molecule has 1 N–H and O–H groups in total. The molecule has 0 unspecified atom stereocenters. The van der Waals surface area contributed by atoms with Crippen LogP contribution in [0.1, 0.15) is 25.0 Å². The van der Waals surface area contributed by atoms with Crippen molar-refractivity contribution in [3.8, 4) is 12.3 Å². The van der Waals surface area contributed by atoms with Gasteiger partial charge in [0.1, 0.15) is 5.76 Å². The lowest BCUT2D eigenvalue weighted by Crippen LogP contribution is -2.13. The van der Waals surface area contributed by atoms with Crippen LogP contribution in [-0.4, -0.2) is 6.54 Å². The van der Waals surface area contributed by atoms with Gasteiger partial charge in [-0.2, -0.15) is 0 Å². The van der Waals surface area contributed by atoms with E-state index in [1.54, 1.807) is 6.26 Å². The predicted molar refractivity (Wildman–Crippen MR) is 53.1 cm³/mol. The molecule has 0 amide bonds. The van der Waals surface area contributed by atoms with Gasteiger partial charge in [0.25, 0.3) is 0 Å². The molecule has 70 valence electrons. The smallest absolute Gasteiger partial charge is 0.117 e. The van der Waals surface area contributed by atoms with Gasteiger partial charge in [0.2, 0.25) is 0 Å². The summed E-state index contributed by atoms with van der Waals surface area (Å²) in [4.78, 5) is 0. The Morgan fingerprint density at radius 1 is 1.46 bits per heavy atom. The lowest BCUT2D eigenvalue weighted by Gasteiger charge is -2.00. The van der Waals surface area contributed by atoms with Crippen molar-refractivity contribution in [2.75, 3.05) is 6.54 Å². The minimum Gasteiger partial charge on any atom is -0.468 e. The van der Waals surface area contributed by atoms with Gasteiger partial charge < -0.3 is 9.73 Å². The summed E-state index contributed by atoms with van der Waals surface area (Å²) < 4.78 is 5.17. The first kappa shape index (κ1) is 9.88. The van der Waals surface area contributed by atoms with Crippen molar-refractivity contribution in [2.45, 2.75) is 25.8 Å². The van der Waals surface area contributed by atoms with Gasteiger partial charge in [0.15, 0.2) is 0 Å². The van der Waals surface area contributed by atoms with Crippen LogP contribution >= 0.6 is 0 Å². The first-order valence-electron chi connectivity index (χ1n) is 4.60. The molecule has 0 aliphatic carbocycles. The van der Waals surface area contributed by atoms with Crippen molar-refractivity contribution in [2.24, 2.45) is 0 Å². The van der Waals surface area contributed by atoms with Crippen molar-refractivity contribution in [3.63, 3.8) is 0 Å². The van der Waals surface area contributed by atoms with Gasteiger partial charge >= 0.3 is 0 Å². The molecular weight excluding hydrogens is 162 g/mol. The molecule has 0 fully saturated rings. The third kappa shape index (κ3) is 4.39. The molecular formula is C11H15NO. The maximum atomic E-state index is 5.17. The number of rotatable bonds is 6. The van der Waals surface area contributed by atoms with Gasteiger partial charge in [-0.25, -0.2) is 0 Å². The van der Waals surface area contributed by atoms with E-state index in [-0.39, 0.29) is 0 Å². The second kappa shape index (κ2) is 6.33. The van der Waals surface area contributed by atoms with Crippen molar-refractivity contribution in [1.29, 1.82) is 0 Å². The highest BCUT2D eigenvalue weighted by Gasteiger charge is 1.93. The van der Waals surface area contributed by atoms with Crippen LogP contribution < -0.4 is 5.32 Å². The lowest BCUT2D eigenvalue weighted by atomic mass is 10.2. The molecule has 1 aromatic heterocycles. The highest BCUT2D eigenvalue weighted by atomic mass is 16.3. The molecule has 0 spiro atoms. The van der Waals surface area contributed by atoms with E-state index in [1.807, 2.05) is 12.1 Å². The van der Waals surface area contributed by atoms with Gasteiger partial charge in [-0.15, -0.1) is 12.3 Å². The molecule has 2 nitrogen and oxygen atoms in total. The maximum Gasteiger partial charge on any atom is 0.117 e. The SMILES string of the molecule is C#CCCCCNCc1ccco1. The second-order valence-electron chi connectivity index (χ2n) is 2.92. The van der Waals surface area contributed by atoms with Gasteiger partial charge in [-0.1, -0.05) is 0 Å². The highest BCUT2D eigenvalue weighted by molar-refractivity contribution is 4.97. The molecule has 0 bridgehead atoms. The molecule has 0 aliphatic heterocycles. The second-order valence-corrected chi connectivity index (χ2v) is 2.92. The zero-order chi connectivity index (χ0) is 9.36. The fraction of sp³-hybridized carbons (Fsp3) is 0.455. The number of nitrogens with one attached hydrogen (secondary N) is 1. The summed E-state index contributed by atoms with van der Waals surface area (Å²) in [6, 6.07) is 3.86. The molecule has 1 heterocycles. The van der Waals surface area contributed by atoms with Crippen molar-refractivity contribution in [3.05, 3.63) is 24.2 Å². The van der Waals surface area contributed by atoms with Gasteiger partial charge in [0.05, 0.1) is 12.8 Å². The largest absolute Gasteiger partial charge is 0.468 e. The summed E-state index contributed by atoms with van der Waals surface area (Å²) in [5.41, 5.74) is 0. The summed E-state index contributed by atoms with van der Waals surface area (Å²) >= 11 is 0. The van der Waals surface area contributed by atoms with Crippen LogP contribution in [0.4, 0.5) is 0 Å². The van der Waals surface area contributed by atoms with Crippen LogP contribution in [0, 0.1) is 12.3 Å². The van der Waals surface area contributed by atoms with Gasteiger partial charge in [-0.3, -0.25) is 0 Å². The Hall–Kier alpha value is -1.20. The van der Waals surface area contributed by atoms with Crippen molar-refractivity contribution < 1.29 is 4.42 Å². The quantitative estimate of drug-likeness (QED) is 0.532. The van der Waals surface area contributed by atoms with Crippen LogP contribution in [0.3, 0.4) is 0 Å². The summed E-state index contributed by atoms with van der Waals surface area (Å²) in [5.74, 6) is 3.61. The molecule has 1 rings (SSSR count). The topological polar surface area (TPSA) is 25.2 Å². The number of terminal acetylenes is 1. The fourth-order valence-electron chi connectivity index (χ4n) is 1.10. The predicted octanol–water partition coefficient (Wildman–Crippen LogP) is 2.17. The first-order chi connectivity index (χ1) is 6.43. The van der Waals surface area contributed by atoms with Gasteiger partial charge in [0, 0.05) is 6.42 Å². The molecule has 13 heavy (non-hydrogen) atoms. The summed E-state index contributed by atoms with van der Waals surface area (Å²) in [6.07, 6.45) is 9.93. The molecule has 1 aromatic rings. The van der Waals surface area contributed by atoms with E-state index in [1.165, 1.54) is 0 Å². The Labute approximate surface area is 79.3 Å². The van der Waals surface area contributed by atoms with E-state index in [4.69, 9.17) is 10.8 Å². The number of furan rings is 1. The standard InChI is InChI=1S/C11H15NO/c1-2-3-4-5-8-12-10-11-7-6-9-13-11/h1,6-7,9,12H,3-5,8,10H2. The monoisotopic (exact) mass is 177 g/mol. The van der Waals surface area contributed by atoms with E-state index in [0.29, 0.717) is 0 Å². The van der Waals surface area contributed by atoms with E-state index in [9.17, 15) is 0 Å². The van der Waals surface area contributed by atoms with Crippen LogP contribution in [0.2, 0.25) is 0 Å². The Kier molecular flexibility index (Phi) is 4.81. The molecule has 0 aliphatic rings. The third-order valence-electron chi connectivity index (χ3n) is 1.80. The minimum absolute atomic E-state index is 0.809. The van der Waals surface area contributed by atoms with E-state index < -0.39 is 0 Å². The Morgan fingerprint density at radius 3 is 3.08 bits per heavy atom. The average molecular weight is 177 g/mol. The number of hydrogen-bond acceptors (Lipinski definition) is 2. The average Bonchev–Trinajstić information content (AvgIpc) is 2.63. The molecule has 0 saturated carbocycles. The molecule has 0 radical (unpaired) electrons. The van der Waals surface area contributed by atoms with E-state index in [2.05, 4.69) is 11.2 Å². The third-order valence-corrected chi connectivity index (χ3v) is 1.80. The van der Waals surface area contributed by atoms with Crippen molar-refractivity contribution in [1.82, 2.24) is 5.32 Å². The normalized spacial score (nSPS) is 9.77. The minimum atomic E-state index is 0.809.